The third-order valence-electron chi connectivity index (χ3n) is 1.77. The number of halogens is 2. The van der Waals surface area contributed by atoms with Crippen LogP contribution in [0, 0.1) is 0 Å². The Labute approximate surface area is 88.1 Å². The van der Waals surface area contributed by atoms with Crippen molar-refractivity contribution < 1.29 is 0 Å². The van der Waals surface area contributed by atoms with E-state index in [0.29, 0.717) is 10.0 Å². The highest BCUT2D eigenvalue weighted by Crippen LogP contribution is 2.25. The fourth-order valence-electron chi connectivity index (χ4n) is 1.04. The molecule has 0 fully saturated rings. The van der Waals surface area contributed by atoms with Crippen molar-refractivity contribution in [3.63, 3.8) is 0 Å². The Morgan fingerprint density at radius 1 is 1.31 bits per heavy atom. The molecule has 0 bridgehead atoms. The van der Waals surface area contributed by atoms with Crippen LogP contribution in [-0.2, 0) is 0 Å². The molecule has 1 aromatic rings. The molecule has 1 rings (SSSR count). The molecular formula is C10H11Cl2N. The highest BCUT2D eigenvalue weighted by Gasteiger charge is 2.07. The summed E-state index contributed by atoms with van der Waals surface area (Å²) in [5.41, 5.74) is 7.64. The Hall–Kier alpha value is -0.500. The molecule has 0 radical (unpaired) electrons. The molecule has 3 heteroatoms. The topological polar surface area (TPSA) is 26.0 Å². The number of benzene rings is 1. The lowest BCUT2D eigenvalue weighted by atomic mass is 10.0. The van der Waals surface area contributed by atoms with Crippen LogP contribution in [0.15, 0.2) is 30.4 Å². The fraction of sp³-hybridized carbons (Fsp3) is 0.200. The Morgan fingerprint density at radius 3 is 2.15 bits per heavy atom. The number of hydrogen-bond donors (Lipinski definition) is 1. The lowest BCUT2D eigenvalue weighted by Crippen LogP contribution is -2.10. The van der Waals surface area contributed by atoms with E-state index in [1.54, 1.807) is 18.2 Å². The molecule has 0 aliphatic carbocycles. The van der Waals surface area contributed by atoms with Crippen molar-refractivity contribution >= 4 is 23.2 Å². The van der Waals surface area contributed by atoms with Crippen molar-refractivity contribution in [2.45, 2.75) is 13.0 Å². The summed E-state index contributed by atoms with van der Waals surface area (Å²) >= 11 is 11.7. The largest absolute Gasteiger partial charge is 0.321 e. The van der Waals surface area contributed by atoms with E-state index >= 15 is 0 Å². The molecule has 1 nitrogen and oxygen atoms in total. The second kappa shape index (κ2) is 4.14. The minimum absolute atomic E-state index is 0.198. The first-order valence-electron chi connectivity index (χ1n) is 3.87. The van der Waals surface area contributed by atoms with Crippen molar-refractivity contribution in [2.24, 2.45) is 5.73 Å². The van der Waals surface area contributed by atoms with Gasteiger partial charge in [-0.3, -0.25) is 0 Å². The van der Waals surface area contributed by atoms with Crippen LogP contribution in [0.25, 0.3) is 0 Å². The van der Waals surface area contributed by atoms with Crippen LogP contribution in [0.1, 0.15) is 18.5 Å². The van der Waals surface area contributed by atoms with E-state index in [-0.39, 0.29) is 6.04 Å². The molecule has 1 unspecified atom stereocenters. The molecule has 0 saturated heterocycles. The predicted octanol–water partition coefficient (Wildman–Crippen LogP) is 3.57. The second-order valence-corrected chi connectivity index (χ2v) is 3.90. The van der Waals surface area contributed by atoms with Gasteiger partial charge in [-0.25, -0.2) is 0 Å². The molecule has 0 aliphatic heterocycles. The van der Waals surface area contributed by atoms with Gasteiger partial charge < -0.3 is 5.73 Å². The summed E-state index contributed by atoms with van der Waals surface area (Å²) in [7, 11) is 0. The summed E-state index contributed by atoms with van der Waals surface area (Å²) < 4.78 is 0. The molecule has 0 amide bonds. The van der Waals surface area contributed by atoms with E-state index in [1.807, 2.05) is 6.92 Å². The highest BCUT2D eigenvalue weighted by molar-refractivity contribution is 6.34. The van der Waals surface area contributed by atoms with Gasteiger partial charge in [-0.1, -0.05) is 35.4 Å². The van der Waals surface area contributed by atoms with E-state index in [1.165, 1.54) is 0 Å². The van der Waals surface area contributed by atoms with Gasteiger partial charge >= 0.3 is 0 Å². The van der Waals surface area contributed by atoms with Crippen molar-refractivity contribution in [3.8, 4) is 0 Å². The van der Waals surface area contributed by atoms with Crippen LogP contribution in [0.3, 0.4) is 0 Å². The van der Waals surface area contributed by atoms with Crippen molar-refractivity contribution in [2.75, 3.05) is 0 Å². The lowest BCUT2D eigenvalue weighted by Gasteiger charge is -2.12. The van der Waals surface area contributed by atoms with Crippen LogP contribution < -0.4 is 5.73 Å². The van der Waals surface area contributed by atoms with Crippen LogP contribution in [0.4, 0.5) is 0 Å². The molecule has 70 valence electrons. The number of rotatable bonds is 2. The summed E-state index contributed by atoms with van der Waals surface area (Å²) in [4.78, 5) is 0. The summed E-state index contributed by atoms with van der Waals surface area (Å²) in [6.07, 6.45) is 0. The first kappa shape index (κ1) is 10.6. The average molecular weight is 216 g/mol. The van der Waals surface area contributed by atoms with Crippen LogP contribution in [-0.4, -0.2) is 0 Å². The summed E-state index contributed by atoms with van der Waals surface area (Å²) in [6.45, 7) is 5.65. The van der Waals surface area contributed by atoms with E-state index < -0.39 is 0 Å². The number of hydrogen-bond acceptors (Lipinski definition) is 1. The van der Waals surface area contributed by atoms with Gasteiger partial charge in [0.1, 0.15) is 0 Å². The monoisotopic (exact) mass is 215 g/mol. The Bertz CT molecular complexity index is 313. The molecular weight excluding hydrogens is 205 g/mol. The van der Waals surface area contributed by atoms with E-state index in [2.05, 4.69) is 6.58 Å². The van der Waals surface area contributed by atoms with Gasteiger partial charge in [-0.15, -0.1) is 0 Å². The van der Waals surface area contributed by atoms with Crippen molar-refractivity contribution in [1.82, 2.24) is 0 Å². The molecule has 1 aromatic carbocycles. The maximum atomic E-state index is 5.86. The van der Waals surface area contributed by atoms with Crippen LogP contribution >= 0.6 is 23.2 Å². The molecule has 0 saturated carbocycles. The molecule has 0 aliphatic rings. The SMILES string of the molecule is C=C(C)C(N)c1cc(Cl)cc(Cl)c1. The predicted molar refractivity (Wildman–Crippen MR) is 58.2 cm³/mol. The average Bonchev–Trinajstić information content (AvgIpc) is 2.01. The van der Waals surface area contributed by atoms with Gasteiger partial charge in [0.15, 0.2) is 0 Å². The molecule has 1 atom stereocenters. The van der Waals surface area contributed by atoms with Crippen LogP contribution in [0.5, 0.6) is 0 Å². The van der Waals surface area contributed by atoms with E-state index in [9.17, 15) is 0 Å². The minimum atomic E-state index is -0.198. The van der Waals surface area contributed by atoms with Gasteiger partial charge in [0.25, 0.3) is 0 Å². The van der Waals surface area contributed by atoms with Crippen LogP contribution in [0.2, 0.25) is 10.0 Å². The van der Waals surface area contributed by atoms with Gasteiger partial charge in [-0.2, -0.15) is 0 Å². The Balaban J connectivity index is 3.07. The maximum absolute atomic E-state index is 5.86. The van der Waals surface area contributed by atoms with Crippen molar-refractivity contribution in [1.29, 1.82) is 0 Å². The third kappa shape index (κ3) is 2.73. The Morgan fingerprint density at radius 2 is 1.77 bits per heavy atom. The van der Waals surface area contributed by atoms with Gasteiger partial charge in [-0.05, 0) is 30.7 Å². The molecule has 0 aromatic heterocycles. The van der Waals surface area contributed by atoms with Crippen molar-refractivity contribution in [3.05, 3.63) is 46.0 Å². The summed E-state index contributed by atoms with van der Waals surface area (Å²) in [6, 6.07) is 5.08. The van der Waals surface area contributed by atoms with E-state index in [4.69, 9.17) is 28.9 Å². The standard InChI is InChI=1S/C10H11Cl2N/c1-6(2)10(13)7-3-8(11)5-9(12)4-7/h3-5,10H,1,13H2,2H3. The molecule has 13 heavy (non-hydrogen) atoms. The second-order valence-electron chi connectivity index (χ2n) is 3.03. The van der Waals surface area contributed by atoms with Gasteiger partial charge in [0.2, 0.25) is 0 Å². The maximum Gasteiger partial charge on any atom is 0.0506 e. The van der Waals surface area contributed by atoms with Gasteiger partial charge in [0, 0.05) is 10.0 Å². The molecule has 2 N–H and O–H groups in total. The number of nitrogens with two attached hydrogens (primary N) is 1. The fourth-order valence-corrected chi connectivity index (χ4v) is 1.58. The minimum Gasteiger partial charge on any atom is -0.321 e. The summed E-state index contributed by atoms with van der Waals surface area (Å²) in [5, 5.41) is 1.19. The first-order valence-corrected chi connectivity index (χ1v) is 4.63. The van der Waals surface area contributed by atoms with E-state index in [0.717, 1.165) is 11.1 Å². The molecule has 0 spiro atoms. The Kier molecular flexibility index (Phi) is 3.37. The van der Waals surface area contributed by atoms with Gasteiger partial charge in [0.05, 0.1) is 6.04 Å². The first-order chi connectivity index (χ1) is 6.00. The summed E-state index contributed by atoms with van der Waals surface area (Å²) in [5.74, 6) is 0. The zero-order valence-corrected chi connectivity index (χ0v) is 8.86. The smallest absolute Gasteiger partial charge is 0.0506 e. The lowest BCUT2D eigenvalue weighted by molar-refractivity contribution is 0.851. The molecule has 0 heterocycles. The zero-order valence-electron chi connectivity index (χ0n) is 7.35. The third-order valence-corrected chi connectivity index (χ3v) is 2.21. The normalized spacial score (nSPS) is 12.6. The highest BCUT2D eigenvalue weighted by atomic mass is 35.5. The quantitative estimate of drug-likeness (QED) is 0.751. The zero-order chi connectivity index (χ0) is 10.0.